The molecule has 0 radical (unpaired) electrons. The van der Waals surface area contributed by atoms with E-state index in [0.717, 1.165) is 18.0 Å². The topological polar surface area (TPSA) is 12.0 Å². The first-order chi connectivity index (χ1) is 7.08. The van der Waals surface area contributed by atoms with Crippen LogP contribution >= 0.6 is 11.6 Å². The molecule has 1 N–H and O–H groups in total. The van der Waals surface area contributed by atoms with Crippen molar-refractivity contribution in [2.45, 2.75) is 33.2 Å². The van der Waals surface area contributed by atoms with Gasteiger partial charge in [-0.1, -0.05) is 37.6 Å². The van der Waals surface area contributed by atoms with Gasteiger partial charge in [0.15, 0.2) is 0 Å². The molecule has 0 amide bonds. The van der Waals surface area contributed by atoms with Crippen LogP contribution in [0.1, 0.15) is 26.3 Å². The molecule has 0 aromatic heterocycles. The standard InChI is InChI=1S/C13H20ClN/c1-10(2)9-15-11(3)7-12-5-4-6-13(14)8-12/h4-6,8,10-11,15H,7,9H2,1-3H3. The summed E-state index contributed by atoms with van der Waals surface area (Å²) >= 11 is 5.94. The van der Waals surface area contributed by atoms with E-state index in [1.807, 2.05) is 18.2 Å². The van der Waals surface area contributed by atoms with Crippen LogP contribution in [-0.4, -0.2) is 12.6 Å². The van der Waals surface area contributed by atoms with E-state index in [9.17, 15) is 0 Å². The summed E-state index contributed by atoms with van der Waals surface area (Å²) in [5.74, 6) is 0.701. The first-order valence-electron chi connectivity index (χ1n) is 5.55. The zero-order chi connectivity index (χ0) is 11.3. The number of rotatable bonds is 5. The van der Waals surface area contributed by atoms with Crippen LogP contribution in [0.3, 0.4) is 0 Å². The highest BCUT2D eigenvalue weighted by atomic mass is 35.5. The Labute approximate surface area is 97.8 Å². The Bertz CT molecular complexity index is 296. The highest BCUT2D eigenvalue weighted by molar-refractivity contribution is 6.30. The first kappa shape index (κ1) is 12.5. The Morgan fingerprint density at radius 3 is 2.60 bits per heavy atom. The van der Waals surface area contributed by atoms with Crippen LogP contribution in [0.25, 0.3) is 0 Å². The lowest BCUT2D eigenvalue weighted by Crippen LogP contribution is -2.31. The van der Waals surface area contributed by atoms with Gasteiger partial charge >= 0.3 is 0 Å². The average molecular weight is 226 g/mol. The van der Waals surface area contributed by atoms with E-state index < -0.39 is 0 Å². The molecule has 1 aromatic carbocycles. The van der Waals surface area contributed by atoms with Crippen LogP contribution in [0.4, 0.5) is 0 Å². The fraction of sp³-hybridized carbons (Fsp3) is 0.538. The Hall–Kier alpha value is -0.530. The third-order valence-electron chi connectivity index (χ3n) is 2.31. The van der Waals surface area contributed by atoms with Crippen molar-refractivity contribution < 1.29 is 0 Å². The quantitative estimate of drug-likeness (QED) is 0.809. The van der Waals surface area contributed by atoms with Crippen molar-refractivity contribution in [2.75, 3.05) is 6.54 Å². The Balaban J connectivity index is 2.40. The van der Waals surface area contributed by atoms with Gasteiger partial charge in [0.1, 0.15) is 0 Å². The Kier molecular flexibility index (Phi) is 5.13. The summed E-state index contributed by atoms with van der Waals surface area (Å²) in [5.41, 5.74) is 1.30. The smallest absolute Gasteiger partial charge is 0.0408 e. The van der Waals surface area contributed by atoms with Crippen molar-refractivity contribution in [1.29, 1.82) is 0 Å². The molecule has 0 saturated heterocycles. The molecule has 0 aliphatic heterocycles. The number of halogens is 1. The van der Waals surface area contributed by atoms with E-state index in [2.05, 4.69) is 32.2 Å². The van der Waals surface area contributed by atoms with Crippen LogP contribution in [0.15, 0.2) is 24.3 Å². The van der Waals surface area contributed by atoms with E-state index in [4.69, 9.17) is 11.6 Å². The van der Waals surface area contributed by atoms with Gasteiger partial charge in [-0.05, 0) is 43.5 Å². The molecule has 1 nitrogen and oxygen atoms in total. The summed E-state index contributed by atoms with van der Waals surface area (Å²) in [7, 11) is 0. The van der Waals surface area contributed by atoms with Crippen LogP contribution in [-0.2, 0) is 6.42 Å². The monoisotopic (exact) mass is 225 g/mol. The molecule has 0 saturated carbocycles. The third kappa shape index (κ3) is 5.19. The van der Waals surface area contributed by atoms with Crippen molar-refractivity contribution in [3.8, 4) is 0 Å². The van der Waals surface area contributed by atoms with Crippen LogP contribution in [0, 0.1) is 5.92 Å². The van der Waals surface area contributed by atoms with E-state index in [1.165, 1.54) is 5.56 Å². The molecule has 0 heterocycles. The largest absolute Gasteiger partial charge is 0.314 e. The van der Waals surface area contributed by atoms with E-state index in [0.29, 0.717) is 12.0 Å². The predicted octanol–water partition coefficient (Wildman–Crippen LogP) is 3.52. The van der Waals surface area contributed by atoms with E-state index in [1.54, 1.807) is 0 Å². The number of benzene rings is 1. The molecule has 0 spiro atoms. The van der Waals surface area contributed by atoms with Gasteiger partial charge in [-0.25, -0.2) is 0 Å². The molecule has 1 rings (SSSR count). The second-order valence-corrected chi connectivity index (χ2v) is 4.97. The van der Waals surface area contributed by atoms with Gasteiger partial charge in [-0.15, -0.1) is 0 Å². The maximum atomic E-state index is 5.94. The second kappa shape index (κ2) is 6.14. The predicted molar refractivity (Wildman–Crippen MR) is 67.5 cm³/mol. The molecule has 2 heteroatoms. The Morgan fingerprint density at radius 1 is 1.27 bits per heavy atom. The molecule has 1 aromatic rings. The number of hydrogen-bond donors (Lipinski definition) is 1. The summed E-state index contributed by atoms with van der Waals surface area (Å²) in [6.45, 7) is 7.73. The van der Waals surface area contributed by atoms with Gasteiger partial charge < -0.3 is 5.32 Å². The van der Waals surface area contributed by atoms with Crippen molar-refractivity contribution in [3.63, 3.8) is 0 Å². The van der Waals surface area contributed by atoms with Gasteiger partial charge in [-0.3, -0.25) is 0 Å². The van der Waals surface area contributed by atoms with E-state index in [-0.39, 0.29) is 0 Å². The minimum atomic E-state index is 0.505. The van der Waals surface area contributed by atoms with Crippen LogP contribution in [0.5, 0.6) is 0 Å². The lowest BCUT2D eigenvalue weighted by molar-refractivity contribution is 0.482. The molecule has 0 fully saturated rings. The highest BCUT2D eigenvalue weighted by Crippen LogP contribution is 2.12. The molecule has 0 aliphatic rings. The maximum absolute atomic E-state index is 5.94. The van der Waals surface area contributed by atoms with Crippen molar-refractivity contribution in [1.82, 2.24) is 5.32 Å². The first-order valence-corrected chi connectivity index (χ1v) is 5.93. The summed E-state index contributed by atoms with van der Waals surface area (Å²) < 4.78 is 0. The normalized spacial score (nSPS) is 13.1. The minimum Gasteiger partial charge on any atom is -0.314 e. The maximum Gasteiger partial charge on any atom is 0.0408 e. The lowest BCUT2D eigenvalue weighted by atomic mass is 10.1. The third-order valence-corrected chi connectivity index (χ3v) is 2.54. The molecule has 84 valence electrons. The summed E-state index contributed by atoms with van der Waals surface area (Å²) in [6.07, 6.45) is 1.04. The molecule has 0 bridgehead atoms. The van der Waals surface area contributed by atoms with Gasteiger partial charge in [0, 0.05) is 11.1 Å². The van der Waals surface area contributed by atoms with Gasteiger partial charge in [-0.2, -0.15) is 0 Å². The highest BCUT2D eigenvalue weighted by Gasteiger charge is 2.04. The average Bonchev–Trinajstić information content (AvgIpc) is 2.15. The molecule has 1 unspecified atom stereocenters. The van der Waals surface area contributed by atoms with Crippen molar-refractivity contribution >= 4 is 11.6 Å². The van der Waals surface area contributed by atoms with Gasteiger partial charge in [0.05, 0.1) is 0 Å². The zero-order valence-corrected chi connectivity index (χ0v) is 10.5. The van der Waals surface area contributed by atoms with E-state index >= 15 is 0 Å². The van der Waals surface area contributed by atoms with Gasteiger partial charge in [0.2, 0.25) is 0 Å². The zero-order valence-electron chi connectivity index (χ0n) is 9.76. The summed E-state index contributed by atoms with van der Waals surface area (Å²) in [4.78, 5) is 0. The van der Waals surface area contributed by atoms with Crippen molar-refractivity contribution in [2.24, 2.45) is 5.92 Å². The fourth-order valence-corrected chi connectivity index (χ4v) is 1.74. The molecule has 1 atom stereocenters. The summed E-state index contributed by atoms with van der Waals surface area (Å²) in [5, 5.41) is 4.33. The minimum absolute atomic E-state index is 0.505. The van der Waals surface area contributed by atoms with Crippen LogP contribution < -0.4 is 5.32 Å². The molecular formula is C13H20ClN. The van der Waals surface area contributed by atoms with Crippen LogP contribution in [0.2, 0.25) is 5.02 Å². The number of hydrogen-bond acceptors (Lipinski definition) is 1. The molecule has 0 aliphatic carbocycles. The van der Waals surface area contributed by atoms with Gasteiger partial charge in [0.25, 0.3) is 0 Å². The second-order valence-electron chi connectivity index (χ2n) is 4.54. The van der Waals surface area contributed by atoms with Crippen molar-refractivity contribution in [3.05, 3.63) is 34.9 Å². The molecular weight excluding hydrogens is 206 g/mol. The lowest BCUT2D eigenvalue weighted by Gasteiger charge is -2.15. The molecule has 15 heavy (non-hydrogen) atoms. The Morgan fingerprint density at radius 2 is 2.00 bits per heavy atom. The number of nitrogens with one attached hydrogen (secondary N) is 1. The summed E-state index contributed by atoms with van der Waals surface area (Å²) in [6, 6.07) is 8.59. The fourth-order valence-electron chi connectivity index (χ4n) is 1.53. The SMILES string of the molecule is CC(C)CNC(C)Cc1cccc(Cl)c1.